The van der Waals surface area contributed by atoms with Crippen LogP contribution in [0.15, 0.2) is 77.8 Å². The van der Waals surface area contributed by atoms with Gasteiger partial charge in [0.15, 0.2) is 0 Å². The fourth-order valence-corrected chi connectivity index (χ4v) is 6.60. The fourth-order valence-electron chi connectivity index (χ4n) is 6.22. The third-order valence-corrected chi connectivity index (χ3v) is 9.73. The first kappa shape index (κ1) is 44.7. The van der Waals surface area contributed by atoms with Gasteiger partial charge in [-0.05, 0) is 65.9 Å². The number of carbonyl (C=O) groups excluding carboxylic acids is 5. The summed E-state index contributed by atoms with van der Waals surface area (Å²) in [7, 11) is 1.34. The highest BCUT2D eigenvalue weighted by atomic mass is 32.1. The number of carbonyl (C=O) groups is 5. The molecule has 2 saturated heterocycles. The smallest absolute Gasteiger partial charge is 0.437 e. The number of non-ortho nitro benzene ring substituents is 3. The molecule has 2 aliphatic rings. The molecule has 61 heavy (non-hydrogen) atoms. The number of aliphatic imine (C=N–C) groups is 1. The van der Waals surface area contributed by atoms with Gasteiger partial charge >= 0.3 is 18.3 Å². The lowest BCUT2D eigenvalue weighted by atomic mass is 10.2. The molecule has 0 aliphatic carbocycles. The summed E-state index contributed by atoms with van der Waals surface area (Å²) in [4.78, 5) is 104. The minimum Gasteiger partial charge on any atom is -0.445 e. The monoisotopic (exact) mass is 865 g/mol. The first-order chi connectivity index (χ1) is 29.1. The second-order valence-electron chi connectivity index (χ2n) is 13.8. The molecule has 0 radical (unpaired) electrons. The van der Waals surface area contributed by atoms with Crippen LogP contribution >= 0.6 is 12.6 Å². The number of nitro benzene ring substituents is 3. The van der Waals surface area contributed by atoms with Gasteiger partial charge in [0, 0.05) is 74.4 Å². The van der Waals surface area contributed by atoms with Crippen molar-refractivity contribution in [3.63, 3.8) is 0 Å². The topological polar surface area (TPSA) is 289 Å². The molecule has 3 atom stereocenters. The molecule has 2 aliphatic heterocycles. The van der Waals surface area contributed by atoms with Crippen LogP contribution in [-0.4, -0.2) is 116 Å². The van der Waals surface area contributed by atoms with E-state index in [-0.39, 0.29) is 74.1 Å². The molecule has 3 aromatic carbocycles. The number of hydrogen-bond donors (Lipinski definition) is 3. The number of thiol groups is 1. The Labute approximate surface area is 351 Å². The van der Waals surface area contributed by atoms with Crippen molar-refractivity contribution in [3.05, 3.63) is 120 Å². The number of nitrogens with zero attached hydrogens (tertiary/aromatic N) is 7. The Balaban J connectivity index is 1.16. The van der Waals surface area contributed by atoms with Crippen molar-refractivity contribution >= 4 is 65.7 Å². The molecule has 2 fully saturated rings. The van der Waals surface area contributed by atoms with E-state index in [4.69, 9.17) is 14.2 Å². The van der Waals surface area contributed by atoms with Crippen LogP contribution in [0.1, 0.15) is 29.5 Å². The van der Waals surface area contributed by atoms with Crippen LogP contribution in [0.3, 0.4) is 0 Å². The highest BCUT2D eigenvalue weighted by Crippen LogP contribution is 2.26. The van der Waals surface area contributed by atoms with Gasteiger partial charge in [-0.2, -0.15) is 12.6 Å². The maximum absolute atomic E-state index is 13.7. The summed E-state index contributed by atoms with van der Waals surface area (Å²) in [5.41, 5.74) is 0.859. The Bertz CT molecular complexity index is 2170. The van der Waals surface area contributed by atoms with Crippen LogP contribution in [0.2, 0.25) is 0 Å². The zero-order valence-corrected chi connectivity index (χ0v) is 33.2. The zero-order chi connectivity index (χ0) is 44.2. The lowest BCUT2D eigenvalue weighted by Gasteiger charge is -2.27. The van der Waals surface area contributed by atoms with E-state index in [2.05, 4.69) is 28.3 Å². The molecule has 0 saturated carbocycles. The highest BCUT2D eigenvalue weighted by molar-refractivity contribution is 7.81. The van der Waals surface area contributed by atoms with E-state index < -0.39 is 63.5 Å². The third-order valence-electron chi connectivity index (χ3n) is 9.35. The first-order valence-corrected chi connectivity index (χ1v) is 18.9. The summed E-state index contributed by atoms with van der Waals surface area (Å²) in [6, 6.07) is 14.5. The summed E-state index contributed by atoms with van der Waals surface area (Å²) < 4.78 is 15.7. The molecule has 0 aromatic heterocycles. The summed E-state index contributed by atoms with van der Waals surface area (Å²) in [5.74, 6) is -1.40. The molecular weight excluding hydrogens is 827 g/mol. The van der Waals surface area contributed by atoms with Crippen LogP contribution in [0.4, 0.5) is 31.4 Å². The molecule has 0 spiro atoms. The van der Waals surface area contributed by atoms with E-state index in [0.717, 1.165) is 4.90 Å². The minimum absolute atomic E-state index is 0.108. The predicted octanol–water partition coefficient (Wildman–Crippen LogP) is 3.69. The maximum Gasteiger partial charge on any atom is 0.437 e. The quantitative estimate of drug-likeness (QED) is 0.0551. The second kappa shape index (κ2) is 20.5. The van der Waals surface area contributed by atoms with Crippen LogP contribution in [0.25, 0.3) is 0 Å². The molecular formula is C37H39N9O14S. The lowest BCUT2D eigenvalue weighted by Crippen LogP contribution is -2.50. The van der Waals surface area contributed by atoms with Gasteiger partial charge in [-0.3, -0.25) is 50.1 Å². The van der Waals surface area contributed by atoms with E-state index in [1.165, 1.54) is 89.6 Å². The van der Waals surface area contributed by atoms with Crippen molar-refractivity contribution in [2.75, 3.05) is 33.2 Å². The minimum atomic E-state index is -1.19. The Hall–Kier alpha value is -7.37. The van der Waals surface area contributed by atoms with Gasteiger partial charge in [-0.25, -0.2) is 14.4 Å². The van der Waals surface area contributed by atoms with E-state index >= 15 is 0 Å². The molecule has 5 rings (SSSR count). The number of likely N-dealkylation sites (N-methyl/N-ethyl adjacent to an activating group) is 1. The number of benzene rings is 3. The lowest BCUT2D eigenvalue weighted by molar-refractivity contribution is -0.385. The number of guanidine groups is 1. The number of amides is 5. The molecule has 2 N–H and O–H groups in total. The molecule has 24 heteroatoms. The molecule has 3 aromatic rings. The number of ether oxygens (including phenoxy) is 3. The Morgan fingerprint density at radius 2 is 1.26 bits per heavy atom. The van der Waals surface area contributed by atoms with Crippen LogP contribution in [0, 0.1) is 30.3 Å². The van der Waals surface area contributed by atoms with E-state index in [0.29, 0.717) is 23.1 Å². The highest BCUT2D eigenvalue weighted by Gasteiger charge is 2.42. The molecule has 5 amide bonds. The Kier molecular flexibility index (Phi) is 15.1. The van der Waals surface area contributed by atoms with Crippen molar-refractivity contribution in [2.45, 2.75) is 50.0 Å². The van der Waals surface area contributed by atoms with Crippen molar-refractivity contribution in [1.29, 1.82) is 0 Å². The standard InChI is InChI=1S/C37H39N9O14S/c1-41(34(39-35(49)58-20-23-2-8-27(9-3-23)44(52)53)40-36(50)59-21-24-4-10-28(11-5-24)45(54)55)19-32(47)38-26-14-15-42(17-26)33(48)31-16-30(61)18-43(31)37(51)60-22-25-6-12-29(13-7-25)46(56)57/h2-13,26,30-31,61H,14-22H2,1H3,(H,38,47)(H,39,40,49,50)/t26-,30-,31-/m0/s1. The summed E-state index contributed by atoms with van der Waals surface area (Å²) in [6.07, 6.45) is -2.42. The number of nitro groups is 3. The van der Waals surface area contributed by atoms with Crippen LogP contribution in [0.5, 0.6) is 0 Å². The van der Waals surface area contributed by atoms with E-state index in [1.54, 1.807) is 0 Å². The summed E-state index contributed by atoms with van der Waals surface area (Å²) >= 11 is 4.48. The maximum atomic E-state index is 13.7. The van der Waals surface area contributed by atoms with Gasteiger partial charge < -0.3 is 29.3 Å². The predicted molar refractivity (Wildman–Crippen MR) is 214 cm³/mol. The Morgan fingerprint density at radius 3 is 1.77 bits per heavy atom. The first-order valence-electron chi connectivity index (χ1n) is 18.4. The van der Waals surface area contributed by atoms with Gasteiger partial charge in [-0.1, -0.05) is 0 Å². The molecule has 322 valence electrons. The van der Waals surface area contributed by atoms with Gasteiger partial charge in [0.1, 0.15) is 25.9 Å². The Morgan fingerprint density at radius 1 is 0.770 bits per heavy atom. The average molecular weight is 866 g/mol. The summed E-state index contributed by atoms with van der Waals surface area (Å²) in [5, 5.41) is 37.6. The number of nitrogens with one attached hydrogen (secondary N) is 2. The van der Waals surface area contributed by atoms with Gasteiger partial charge in [-0.15, -0.1) is 4.99 Å². The van der Waals surface area contributed by atoms with E-state index in [1.807, 2.05) is 0 Å². The third kappa shape index (κ3) is 12.8. The largest absolute Gasteiger partial charge is 0.445 e. The van der Waals surface area contributed by atoms with Crippen molar-refractivity contribution in [2.24, 2.45) is 4.99 Å². The summed E-state index contributed by atoms with van der Waals surface area (Å²) in [6.45, 7) is -0.779. The van der Waals surface area contributed by atoms with Crippen LogP contribution < -0.4 is 10.6 Å². The molecule has 2 heterocycles. The number of hydrogen-bond acceptors (Lipinski definition) is 15. The van der Waals surface area contributed by atoms with Crippen molar-refractivity contribution in [1.82, 2.24) is 25.3 Å². The van der Waals surface area contributed by atoms with E-state index in [9.17, 15) is 54.3 Å². The van der Waals surface area contributed by atoms with Crippen LogP contribution in [-0.2, 0) is 43.6 Å². The molecule has 23 nitrogen and oxygen atoms in total. The average Bonchev–Trinajstić information content (AvgIpc) is 3.87. The second-order valence-corrected chi connectivity index (χ2v) is 14.5. The molecule has 0 unspecified atom stereocenters. The SMILES string of the molecule is CN(CC(=O)N[C@H]1CCN(C(=O)[C@@H]2C[C@H](S)CN2C(=O)OCc2ccc([N+](=O)[O-])cc2)C1)C(=NC(=O)OCc1ccc([N+](=O)[O-])cc1)NC(=O)OCc1ccc([N+](=O)[O-])cc1. The fraction of sp³-hybridized carbons (Fsp3) is 0.351. The van der Waals surface area contributed by atoms with Crippen molar-refractivity contribution in [3.8, 4) is 0 Å². The normalized spacial score (nSPS) is 17.2. The number of likely N-dealkylation sites (tertiary alicyclic amines) is 2. The molecule has 0 bridgehead atoms. The van der Waals surface area contributed by atoms with Crippen molar-refractivity contribution < 1.29 is 53.0 Å². The number of rotatable bonds is 13. The van der Waals surface area contributed by atoms with Gasteiger partial charge in [0.05, 0.1) is 21.3 Å². The van der Waals surface area contributed by atoms with Gasteiger partial charge in [0.25, 0.3) is 17.1 Å². The number of alkyl carbamates (subject to hydrolysis) is 1. The van der Waals surface area contributed by atoms with Gasteiger partial charge in [0.2, 0.25) is 17.8 Å². The zero-order valence-electron chi connectivity index (χ0n) is 32.3.